The third-order valence-corrected chi connectivity index (χ3v) is 9.92. The van der Waals surface area contributed by atoms with Crippen molar-refractivity contribution in [1.29, 1.82) is 0 Å². The van der Waals surface area contributed by atoms with Gasteiger partial charge in [0.25, 0.3) is 0 Å². The molecule has 3 aromatic rings. The van der Waals surface area contributed by atoms with Crippen LogP contribution in [-0.2, 0) is 22.6 Å². The molecular weight excluding hydrogens is 592 g/mol. The van der Waals surface area contributed by atoms with E-state index in [1.165, 1.54) is 7.11 Å². The van der Waals surface area contributed by atoms with E-state index in [2.05, 4.69) is 0 Å². The Morgan fingerprint density at radius 1 is 0.804 bits per heavy atom. The zero-order chi connectivity index (χ0) is 32.4. The largest absolute Gasteiger partial charge is 0.496 e. The van der Waals surface area contributed by atoms with Gasteiger partial charge in [0.2, 0.25) is 12.7 Å². The van der Waals surface area contributed by atoms with E-state index in [1.807, 2.05) is 56.1 Å². The summed E-state index contributed by atoms with van der Waals surface area (Å²) < 4.78 is 42.0. The summed E-state index contributed by atoms with van der Waals surface area (Å²) >= 11 is 0. The number of likely N-dealkylation sites (N-methyl/N-ethyl adjacent to an activating group) is 1. The molecule has 1 fully saturated rings. The Morgan fingerprint density at radius 3 is 2.15 bits per heavy atom. The molecule has 3 aromatic carbocycles. The fourth-order valence-electron chi connectivity index (χ4n) is 7.99. The molecule has 0 aliphatic carbocycles. The molecule has 242 valence electrons. The second kappa shape index (κ2) is 11.4. The fraction of sp³-hybridized carbons (Fsp3) is 0.429. The SMILES string of the molecule is COc1c(C)c(OC)c(OC)c2c1C[C@H]1C(=O)N3[C@@H](COCc4ccccc4)c4c5c(c(C)c(OC)c4C(=O)[C@H]3[C@H]2N1C)OCO5. The number of amides is 1. The highest BCUT2D eigenvalue weighted by Gasteiger charge is 2.60. The number of hydrogen-bond donors (Lipinski definition) is 0. The zero-order valence-electron chi connectivity index (χ0n) is 27.1. The molecule has 0 unspecified atom stereocenters. The predicted octanol–water partition coefficient (Wildman–Crippen LogP) is 4.33. The van der Waals surface area contributed by atoms with Crippen molar-refractivity contribution in [2.45, 2.75) is 51.0 Å². The highest BCUT2D eigenvalue weighted by molar-refractivity contribution is 6.10. The third-order valence-electron chi connectivity index (χ3n) is 9.92. The van der Waals surface area contributed by atoms with Gasteiger partial charge in [-0.15, -0.1) is 0 Å². The van der Waals surface area contributed by atoms with Gasteiger partial charge < -0.3 is 38.1 Å². The molecule has 0 N–H and O–H groups in total. The summed E-state index contributed by atoms with van der Waals surface area (Å²) in [6.45, 7) is 4.19. The lowest BCUT2D eigenvalue weighted by Gasteiger charge is -2.56. The standard InChI is InChI=1S/C35H38N2O9/c1-17-29(40-4)20-13-21-35(39)37-22(15-44-14-19-11-9-8-10-12-19)24-25(30(41-5)18(2)32-34(24)46-16-45-32)28(38)27(37)26(36(21)3)23(20)33(43-7)31(17)42-6/h8-12,21-22,26-27H,13-16H2,1-7H3/t21-,22-,26-,27+/m0/s1. The van der Waals surface area contributed by atoms with Crippen molar-refractivity contribution in [2.75, 3.05) is 48.9 Å². The van der Waals surface area contributed by atoms with Gasteiger partial charge in [-0.3, -0.25) is 14.5 Å². The van der Waals surface area contributed by atoms with Crippen molar-refractivity contribution in [3.63, 3.8) is 0 Å². The second-order valence-corrected chi connectivity index (χ2v) is 12.0. The minimum Gasteiger partial charge on any atom is -0.496 e. The molecule has 2 bridgehead atoms. The highest BCUT2D eigenvalue weighted by atomic mass is 16.7. The molecule has 4 aliphatic heterocycles. The minimum atomic E-state index is -0.940. The number of Topliss-reactive ketones (excluding diaryl/α,β-unsaturated/α-hetero) is 1. The van der Waals surface area contributed by atoms with Crippen molar-refractivity contribution in [3.05, 3.63) is 69.3 Å². The molecular formula is C35H38N2O9. The number of piperazine rings is 1. The maximum atomic E-state index is 15.1. The minimum absolute atomic E-state index is 0.00353. The van der Waals surface area contributed by atoms with Crippen LogP contribution in [0.15, 0.2) is 30.3 Å². The summed E-state index contributed by atoms with van der Waals surface area (Å²) in [5.41, 5.74) is 4.94. The van der Waals surface area contributed by atoms with Crippen LogP contribution >= 0.6 is 0 Å². The maximum Gasteiger partial charge on any atom is 0.241 e. The van der Waals surface area contributed by atoms with E-state index in [4.69, 9.17) is 33.2 Å². The van der Waals surface area contributed by atoms with Crippen LogP contribution in [0.1, 0.15) is 55.8 Å². The molecule has 1 amide bonds. The molecule has 0 saturated carbocycles. The van der Waals surface area contributed by atoms with Crippen LogP contribution in [0.3, 0.4) is 0 Å². The molecule has 46 heavy (non-hydrogen) atoms. The lowest BCUT2D eigenvalue weighted by atomic mass is 9.72. The Hall–Kier alpha value is -4.48. The molecule has 11 nitrogen and oxygen atoms in total. The van der Waals surface area contributed by atoms with Gasteiger partial charge in [0.1, 0.15) is 17.5 Å². The molecule has 4 heterocycles. The molecule has 4 aliphatic rings. The van der Waals surface area contributed by atoms with Crippen molar-refractivity contribution in [3.8, 4) is 34.5 Å². The van der Waals surface area contributed by atoms with E-state index in [-0.39, 0.29) is 25.1 Å². The Bertz CT molecular complexity index is 1740. The van der Waals surface area contributed by atoms with Crippen molar-refractivity contribution in [1.82, 2.24) is 9.80 Å². The summed E-state index contributed by atoms with van der Waals surface area (Å²) in [6.07, 6.45) is 0.363. The summed E-state index contributed by atoms with van der Waals surface area (Å²) in [7, 11) is 8.21. The van der Waals surface area contributed by atoms with Gasteiger partial charge in [0.15, 0.2) is 28.8 Å². The van der Waals surface area contributed by atoms with E-state index < -0.39 is 24.2 Å². The number of ketones is 1. The van der Waals surface area contributed by atoms with E-state index in [0.29, 0.717) is 64.2 Å². The number of methoxy groups -OCH3 is 4. The molecule has 4 atom stereocenters. The van der Waals surface area contributed by atoms with E-state index >= 15 is 4.79 Å². The normalized spacial score (nSPS) is 22.6. The third kappa shape index (κ3) is 4.10. The Labute approximate surface area is 267 Å². The van der Waals surface area contributed by atoms with Gasteiger partial charge in [-0.25, -0.2) is 0 Å². The van der Waals surface area contributed by atoms with Crippen molar-refractivity contribution in [2.24, 2.45) is 0 Å². The van der Waals surface area contributed by atoms with Crippen molar-refractivity contribution >= 4 is 11.7 Å². The van der Waals surface area contributed by atoms with Gasteiger partial charge in [0, 0.05) is 34.2 Å². The van der Waals surface area contributed by atoms with Crippen molar-refractivity contribution < 1.29 is 42.7 Å². The number of nitrogens with zero attached hydrogens (tertiary/aromatic N) is 2. The van der Waals surface area contributed by atoms with Crippen LogP contribution < -0.4 is 28.4 Å². The molecule has 0 aromatic heterocycles. The first kappa shape index (κ1) is 30.2. The van der Waals surface area contributed by atoms with Crippen LogP contribution in [0.25, 0.3) is 0 Å². The lowest BCUT2D eigenvalue weighted by molar-refractivity contribution is -0.156. The number of carbonyl (C=O) groups is 2. The number of carbonyl (C=O) groups excluding carboxylic acids is 2. The zero-order valence-corrected chi connectivity index (χ0v) is 27.1. The maximum absolute atomic E-state index is 15.1. The summed E-state index contributed by atoms with van der Waals surface area (Å²) in [5.74, 6) is 2.58. The van der Waals surface area contributed by atoms with Crippen LogP contribution in [0.5, 0.6) is 34.5 Å². The molecule has 0 radical (unpaired) electrons. The number of ether oxygens (including phenoxy) is 7. The fourth-order valence-corrected chi connectivity index (χ4v) is 7.99. The molecule has 11 heteroatoms. The smallest absolute Gasteiger partial charge is 0.241 e. The predicted molar refractivity (Wildman–Crippen MR) is 166 cm³/mol. The average Bonchev–Trinajstić information content (AvgIpc) is 3.55. The molecule has 0 spiro atoms. The van der Waals surface area contributed by atoms with Crippen LogP contribution in [0.2, 0.25) is 0 Å². The van der Waals surface area contributed by atoms with Gasteiger partial charge in [0.05, 0.1) is 65.3 Å². The summed E-state index contributed by atoms with van der Waals surface area (Å²) in [5, 5.41) is 0. The highest BCUT2D eigenvalue weighted by Crippen LogP contribution is 2.59. The first-order valence-electron chi connectivity index (χ1n) is 15.3. The van der Waals surface area contributed by atoms with Gasteiger partial charge in [-0.1, -0.05) is 30.3 Å². The topological polar surface area (TPSA) is 105 Å². The Balaban J connectivity index is 1.46. The van der Waals surface area contributed by atoms with Crippen LogP contribution in [0.4, 0.5) is 0 Å². The van der Waals surface area contributed by atoms with Gasteiger partial charge in [-0.2, -0.15) is 0 Å². The van der Waals surface area contributed by atoms with E-state index in [1.54, 1.807) is 26.2 Å². The summed E-state index contributed by atoms with van der Waals surface area (Å²) in [4.78, 5) is 33.5. The van der Waals surface area contributed by atoms with Gasteiger partial charge >= 0.3 is 0 Å². The number of hydrogen-bond acceptors (Lipinski definition) is 10. The first-order valence-corrected chi connectivity index (χ1v) is 15.3. The van der Waals surface area contributed by atoms with Gasteiger partial charge in [-0.05, 0) is 26.5 Å². The monoisotopic (exact) mass is 630 g/mol. The molecule has 1 saturated heterocycles. The van der Waals surface area contributed by atoms with Crippen LogP contribution in [0, 0.1) is 13.8 Å². The first-order chi connectivity index (χ1) is 22.3. The summed E-state index contributed by atoms with van der Waals surface area (Å²) in [6, 6.07) is 7.07. The second-order valence-electron chi connectivity index (χ2n) is 12.0. The van der Waals surface area contributed by atoms with E-state index in [0.717, 1.165) is 22.3 Å². The Morgan fingerprint density at radius 2 is 1.48 bits per heavy atom. The number of benzene rings is 3. The van der Waals surface area contributed by atoms with Crippen LogP contribution in [-0.4, -0.2) is 82.5 Å². The number of fused-ring (bicyclic) bond motifs is 9. The average molecular weight is 631 g/mol. The lowest BCUT2D eigenvalue weighted by Crippen LogP contribution is -2.68. The number of rotatable bonds is 8. The Kier molecular flexibility index (Phi) is 7.48. The quantitative estimate of drug-likeness (QED) is 0.357. The van der Waals surface area contributed by atoms with E-state index in [9.17, 15) is 4.79 Å². The molecule has 7 rings (SSSR count).